The van der Waals surface area contributed by atoms with E-state index in [1.165, 1.54) is 7.11 Å². The molecule has 1 atom stereocenters. The van der Waals surface area contributed by atoms with Gasteiger partial charge in [0.25, 0.3) is 0 Å². The van der Waals surface area contributed by atoms with Crippen LogP contribution in [0, 0.1) is 28.1 Å². The SMILES string of the molecule is CCOC(=O)C1=CCC(C#N)(C#N)[C@@H]1c1ccccc1OC. The number of para-hydroxylation sites is 1. The number of allylic oxidation sites excluding steroid dienone is 1. The number of methoxy groups -OCH3 is 1. The number of rotatable bonds is 4. The van der Waals surface area contributed by atoms with Crippen LogP contribution in [0.3, 0.4) is 0 Å². The molecule has 1 aromatic rings. The van der Waals surface area contributed by atoms with Gasteiger partial charge < -0.3 is 9.47 Å². The van der Waals surface area contributed by atoms with Gasteiger partial charge in [-0.25, -0.2) is 4.79 Å². The zero-order chi connectivity index (χ0) is 16.2. The van der Waals surface area contributed by atoms with E-state index in [0.717, 1.165) is 0 Å². The first kappa shape index (κ1) is 15.6. The Morgan fingerprint density at radius 2 is 2.05 bits per heavy atom. The molecule has 0 fully saturated rings. The van der Waals surface area contributed by atoms with Crippen molar-refractivity contribution in [1.29, 1.82) is 10.5 Å². The summed E-state index contributed by atoms with van der Waals surface area (Å²) >= 11 is 0. The topological polar surface area (TPSA) is 83.1 Å². The summed E-state index contributed by atoms with van der Waals surface area (Å²) in [5.74, 6) is -0.636. The third-order valence-corrected chi connectivity index (χ3v) is 3.81. The summed E-state index contributed by atoms with van der Waals surface area (Å²) in [6.07, 6.45) is 1.82. The normalized spacial score (nSPS) is 18.7. The summed E-state index contributed by atoms with van der Waals surface area (Å²) in [6.45, 7) is 1.95. The molecule has 0 amide bonds. The van der Waals surface area contributed by atoms with Gasteiger partial charge in [-0.05, 0) is 19.4 Å². The molecule has 0 spiro atoms. The maximum absolute atomic E-state index is 12.2. The van der Waals surface area contributed by atoms with E-state index in [0.29, 0.717) is 16.9 Å². The minimum atomic E-state index is -1.32. The zero-order valence-electron chi connectivity index (χ0n) is 12.5. The lowest BCUT2D eigenvalue weighted by Crippen LogP contribution is -2.26. The molecule has 0 aliphatic heterocycles. The number of esters is 1. The Balaban J connectivity index is 2.58. The molecule has 0 saturated heterocycles. The van der Waals surface area contributed by atoms with Crippen molar-refractivity contribution in [3.8, 4) is 17.9 Å². The van der Waals surface area contributed by atoms with Crippen LogP contribution in [0.1, 0.15) is 24.8 Å². The van der Waals surface area contributed by atoms with E-state index in [1.807, 2.05) is 0 Å². The van der Waals surface area contributed by atoms with Gasteiger partial charge >= 0.3 is 5.97 Å². The molecule has 0 bridgehead atoms. The average Bonchev–Trinajstić information content (AvgIpc) is 2.95. The van der Waals surface area contributed by atoms with Crippen LogP contribution in [0.4, 0.5) is 0 Å². The van der Waals surface area contributed by atoms with E-state index >= 15 is 0 Å². The fraction of sp³-hybridized carbons (Fsp3) is 0.353. The van der Waals surface area contributed by atoms with E-state index in [4.69, 9.17) is 9.47 Å². The molecular formula is C17H16N2O3. The standard InChI is InChI=1S/C17H16N2O3/c1-3-22-16(20)13-8-9-17(10-18,11-19)15(13)12-6-4-5-7-14(12)21-2/h4-8,15H,3,9H2,1-2H3/t15-/m1/s1. The van der Waals surface area contributed by atoms with Crippen molar-refractivity contribution in [1.82, 2.24) is 0 Å². The predicted octanol–water partition coefficient (Wildman–Crippen LogP) is 2.71. The molecule has 0 saturated carbocycles. The molecule has 1 aliphatic rings. The number of carbonyl (C=O) groups is 1. The summed E-state index contributed by atoms with van der Waals surface area (Å²) in [5.41, 5.74) is -0.337. The van der Waals surface area contributed by atoms with Crippen LogP contribution >= 0.6 is 0 Å². The van der Waals surface area contributed by atoms with Crippen LogP contribution in [0.2, 0.25) is 0 Å². The van der Waals surface area contributed by atoms with E-state index in [2.05, 4.69) is 12.1 Å². The lowest BCUT2D eigenvalue weighted by molar-refractivity contribution is -0.138. The number of nitrogens with zero attached hydrogens (tertiary/aromatic N) is 2. The first-order chi connectivity index (χ1) is 10.6. The van der Waals surface area contributed by atoms with Gasteiger partial charge in [0.1, 0.15) is 5.75 Å². The van der Waals surface area contributed by atoms with Crippen molar-refractivity contribution in [3.63, 3.8) is 0 Å². The van der Waals surface area contributed by atoms with Gasteiger partial charge in [-0.2, -0.15) is 10.5 Å². The summed E-state index contributed by atoms with van der Waals surface area (Å²) in [7, 11) is 1.52. The number of benzene rings is 1. The molecule has 0 heterocycles. The molecule has 0 unspecified atom stereocenters. The zero-order valence-corrected chi connectivity index (χ0v) is 12.5. The second-order valence-corrected chi connectivity index (χ2v) is 4.95. The molecule has 0 aromatic heterocycles. The Bertz CT molecular complexity index is 681. The van der Waals surface area contributed by atoms with Crippen LogP contribution < -0.4 is 4.74 Å². The molecule has 1 aliphatic carbocycles. The number of carbonyl (C=O) groups excluding carboxylic acids is 1. The molecule has 5 nitrogen and oxygen atoms in total. The summed E-state index contributed by atoms with van der Waals surface area (Å²) in [5, 5.41) is 19.1. The highest BCUT2D eigenvalue weighted by Crippen LogP contribution is 2.51. The summed E-state index contributed by atoms with van der Waals surface area (Å²) in [4.78, 5) is 12.2. The highest BCUT2D eigenvalue weighted by molar-refractivity contribution is 5.92. The molecule has 2 rings (SSSR count). The van der Waals surface area contributed by atoms with Crippen LogP contribution in [0.15, 0.2) is 35.9 Å². The van der Waals surface area contributed by atoms with Crippen molar-refractivity contribution in [3.05, 3.63) is 41.5 Å². The van der Waals surface area contributed by atoms with E-state index < -0.39 is 17.3 Å². The number of hydrogen-bond donors (Lipinski definition) is 0. The highest BCUT2D eigenvalue weighted by Gasteiger charge is 2.49. The maximum atomic E-state index is 12.2. The number of ether oxygens (including phenoxy) is 2. The van der Waals surface area contributed by atoms with Gasteiger partial charge in [-0.15, -0.1) is 0 Å². The summed E-state index contributed by atoms with van der Waals surface area (Å²) < 4.78 is 10.4. The lowest BCUT2D eigenvalue weighted by Gasteiger charge is -2.25. The number of hydrogen-bond acceptors (Lipinski definition) is 5. The molecule has 0 N–H and O–H groups in total. The van der Waals surface area contributed by atoms with Crippen molar-refractivity contribution < 1.29 is 14.3 Å². The Kier molecular flexibility index (Phi) is 4.48. The number of nitriles is 2. The minimum Gasteiger partial charge on any atom is -0.496 e. The molecule has 112 valence electrons. The quantitative estimate of drug-likeness (QED) is 0.798. The van der Waals surface area contributed by atoms with Gasteiger partial charge in [0.2, 0.25) is 0 Å². The minimum absolute atomic E-state index is 0.191. The second-order valence-electron chi connectivity index (χ2n) is 4.95. The Morgan fingerprint density at radius 1 is 1.36 bits per heavy atom. The van der Waals surface area contributed by atoms with Gasteiger partial charge in [-0.1, -0.05) is 24.3 Å². The molecule has 1 aromatic carbocycles. The van der Waals surface area contributed by atoms with Crippen LogP contribution in [0.5, 0.6) is 5.75 Å². The van der Waals surface area contributed by atoms with Crippen molar-refractivity contribution >= 4 is 5.97 Å². The van der Waals surface area contributed by atoms with Crippen LogP contribution in [0.25, 0.3) is 0 Å². The van der Waals surface area contributed by atoms with Gasteiger partial charge in [0.05, 0.1) is 31.8 Å². The van der Waals surface area contributed by atoms with Crippen molar-refractivity contribution in [2.24, 2.45) is 5.41 Å². The van der Waals surface area contributed by atoms with Crippen molar-refractivity contribution in [2.45, 2.75) is 19.3 Å². The fourth-order valence-corrected chi connectivity index (χ4v) is 2.77. The Morgan fingerprint density at radius 3 is 2.64 bits per heavy atom. The largest absolute Gasteiger partial charge is 0.496 e. The average molecular weight is 296 g/mol. The van der Waals surface area contributed by atoms with E-state index in [1.54, 1.807) is 37.3 Å². The maximum Gasteiger partial charge on any atom is 0.334 e. The second kappa shape index (κ2) is 6.32. The van der Waals surface area contributed by atoms with Crippen molar-refractivity contribution in [2.75, 3.05) is 13.7 Å². The van der Waals surface area contributed by atoms with Gasteiger partial charge in [-0.3, -0.25) is 0 Å². The monoisotopic (exact) mass is 296 g/mol. The lowest BCUT2D eigenvalue weighted by atomic mass is 9.73. The first-order valence-corrected chi connectivity index (χ1v) is 6.96. The van der Waals surface area contributed by atoms with E-state index in [9.17, 15) is 15.3 Å². The third-order valence-electron chi connectivity index (χ3n) is 3.81. The van der Waals surface area contributed by atoms with Crippen LogP contribution in [-0.4, -0.2) is 19.7 Å². The Hall–Kier alpha value is -2.79. The van der Waals surface area contributed by atoms with Crippen LogP contribution in [-0.2, 0) is 9.53 Å². The third kappa shape index (κ3) is 2.42. The smallest absolute Gasteiger partial charge is 0.334 e. The fourth-order valence-electron chi connectivity index (χ4n) is 2.77. The molecule has 5 heteroatoms. The predicted molar refractivity (Wildman–Crippen MR) is 78.7 cm³/mol. The summed E-state index contributed by atoms with van der Waals surface area (Å²) in [6, 6.07) is 11.3. The molecular weight excluding hydrogens is 280 g/mol. The van der Waals surface area contributed by atoms with Gasteiger partial charge in [0, 0.05) is 11.1 Å². The Labute approximate surface area is 129 Å². The highest BCUT2D eigenvalue weighted by atomic mass is 16.5. The van der Waals surface area contributed by atoms with E-state index in [-0.39, 0.29) is 13.0 Å². The molecule has 22 heavy (non-hydrogen) atoms. The first-order valence-electron chi connectivity index (χ1n) is 6.96. The molecule has 0 radical (unpaired) electrons. The van der Waals surface area contributed by atoms with Gasteiger partial charge in [0.15, 0.2) is 5.41 Å².